The first kappa shape index (κ1) is 7.91. The van der Waals surface area contributed by atoms with E-state index in [0.717, 1.165) is 0 Å². The topological polar surface area (TPSA) is 54.4 Å². The number of aliphatic hydroxyl groups is 1. The predicted octanol–water partition coefficient (Wildman–Crippen LogP) is -0.426. The molecule has 1 unspecified atom stereocenters. The minimum Gasteiger partial charge on any atom is -0.377 e. The van der Waals surface area contributed by atoms with E-state index in [4.69, 9.17) is 5.11 Å². The van der Waals surface area contributed by atoms with Gasteiger partial charge in [-0.1, -0.05) is 6.92 Å². The standard InChI is InChI=1S/C4H9O3S/c1-3-8(6,7)4(2)5/h4-5H,2-3H2,1H3. The molecule has 8 heavy (non-hydrogen) atoms. The zero-order chi connectivity index (χ0) is 6.78. The van der Waals surface area contributed by atoms with Gasteiger partial charge in [0.15, 0.2) is 15.3 Å². The van der Waals surface area contributed by atoms with Crippen molar-refractivity contribution in [2.75, 3.05) is 5.75 Å². The van der Waals surface area contributed by atoms with Crippen molar-refractivity contribution in [2.45, 2.75) is 12.4 Å². The molecule has 0 aromatic rings. The first-order chi connectivity index (χ1) is 3.50. The molecule has 0 heterocycles. The number of hydrogen-bond acceptors (Lipinski definition) is 3. The van der Waals surface area contributed by atoms with Crippen molar-refractivity contribution in [3.8, 4) is 0 Å². The zero-order valence-corrected chi connectivity index (χ0v) is 5.48. The van der Waals surface area contributed by atoms with Gasteiger partial charge in [0, 0.05) is 5.75 Å². The van der Waals surface area contributed by atoms with E-state index in [9.17, 15) is 8.42 Å². The summed E-state index contributed by atoms with van der Waals surface area (Å²) >= 11 is 0. The largest absolute Gasteiger partial charge is 0.377 e. The van der Waals surface area contributed by atoms with Crippen LogP contribution in [0.2, 0.25) is 0 Å². The molecule has 0 aliphatic carbocycles. The van der Waals surface area contributed by atoms with Gasteiger partial charge in [0.2, 0.25) is 0 Å². The normalized spacial score (nSPS) is 15.9. The molecule has 1 atom stereocenters. The van der Waals surface area contributed by atoms with Gasteiger partial charge in [-0.2, -0.15) is 0 Å². The summed E-state index contributed by atoms with van der Waals surface area (Å²) in [6.45, 7) is 4.41. The first-order valence-electron chi connectivity index (χ1n) is 2.23. The highest BCUT2D eigenvalue weighted by Crippen LogP contribution is 1.94. The molecule has 0 amide bonds. The van der Waals surface area contributed by atoms with E-state index in [1.54, 1.807) is 0 Å². The Hall–Kier alpha value is -0.0900. The van der Waals surface area contributed by atoms with Crippen LogP contribution >= 0.6 is 0 Å². The lowest BCUT2D eigenvalue weighted by molar-refractivity contribution is 0.292. The van der Waals surface area contributed by atoms with Crippen molar-refractivity contribution >= 4 is 9.84 Å². The number of rotatable bonds is 2. The molecular formula is C4H9O3S. The SMILES string of the molecule is [CH2]C(O)S(=O)(=O)CC. The molecule has 0 saturated heterocycles. The third kappa shape index (κ3) is 1.79. The lowest BCUT2D eigenvalue weighted by Crippen LogP contribution is -2.18. The Morgan fingerprint density at radius 1 is 1.75 bits per heavy atom. The summed E-state index contributed by atoms with van der Waals surface area (Å²) < 4.78 is 20.8. The van der Waals surface area contributed by atoms with Crippen molar-refractivity contribution in [3.05, 3.63) is 6.92 Å². The molecule has 0 saturated carbocycles. The molecule has 0 bridgehead atoms. The van der Waals surface area contributed by atoms with Crippen molar-refractivity contribution in [3.63, 3.8) is 0 Å². The van der Waals surface area contributed by atoms with Gasteiger partial charge in [0.25, 0.3) is 0 Å². The van der Waals surface area contributed by atoms with Crippen molar-refractivity contribution in [1.82, 2.24) is 0 Å². The Kier molecular flexibility index (Phi) is 2.43. The van der Waals surface area contributed by atoms with Crippen LogP contribution in [-0.2, 0) is 9.84 Å². The van der Waals surface area contributed by atoms with Gasteiger partial charge >= 0.3 is 0 Å². The Bertz CT molecular complexity index is 145. The summed E-state index contributed by atoms with van der Waals surface area (Å²) in [6.07, 6.45) is 0. The quantitative estimate of drug-likeness (QED) is 0.562. The highest BCUT2D eigenvalue weighted by Gasteiger charge is 2.13. The van der Waals surface area contributed by atoms with E-state index < -0.39 is 15.3 Å². The van der Waals surface area contributed by atoms with Gasteiger partial charge in [-0.05, 0) is 6.92 Å². The maximum atomic E-state index is 10.4. The number of aliphatic hydroxyl groups excluding tert-OH is 1. The molecule has 0 aromatic heterocycles. The summed E-state index contributed by atoms with van der Waals surface area (Å²) in [7, 11) is -3.29. The van der Waals surface area contributed by atoms with E-state index in [2.05, 4.69) is 6.92 Å². The van der Waals surface area contributed by atoms with Crippen LogP contribution in [0.25, 0.3) is 0 Å². The van der Waals surface area contributed by atoms with Gasteiger partial charge in [-0.15, -0.1) is 0 Å². The Labute approximate surface area is 49.3 Å². The smallest absolute Gasteiger partial charge is 0.176 e. The molecule has 4 heteroatoms. The minimum atomic E-state index is -3.29. The van der Waals surface area contributed by atoms with E-state index in [1.165, 1.54) is 6.92 Å². The second kappa shape index (κ2) is 2.46. The maximum absolute atomic E-state index is 10.4. The molecule has 0 spiro atoms. The van der Waals surface area contributed by atoms with Crippen LogP contribution in [0.15, 0.2) is 0 Å². The van der Waals surface area contributed by atoms with Gasteiger partial charge in [0.1, 0.15) is 0 Å². The fourth-order valence-corrected chi connectivity index (χ4v) is 0.577. The van der Waals surface area contributed by atoms with Gasteiger partial charge < -0.3 is 5.11 Å². The van der Waals surface area contributed by atoms with Gasteiger partial charge in [0.05, 0.1) is 0 Å². The summed E-state index contributed by atoms with van der Waals surface area (Å²) in [6, 6.07) is 0. The molecule has 0 aromatic carbocycles. The lowest BCUT2D eigenvalue weighted by atomic mass is 10.9. The Morgan fingerprint density at radius 3 is 2.12 bits per heavy atom. The highest BCUT2D eigenvalue weighted by atomic mass is 32.2. The summed E-state index contributed by atoms with van der Waals surface area (Å²) in [4.78, 5) is 0. The lowest BCUT2D eigenvalue weighted by Gasteiger charge is -2.00. The molecule has 3 nitrogen and oxygen atoms in total. The fraction of sp³-hybridized carbons (Fsp3) is 0.750. The van der Waals surface area contributed by atoms with Crippen LogP contribution in [0.1, 0.15) is 6.92 Å². The van der Waals surface area contributed by atoms with Crippen LogP contribution < -0.4 is 0 Å². The van der Waals surface area contributed by atoms with Crippen LogP contribution in [0.5, 0.6) is 0 Å². The predicted molar refractivity (Wildman–Crippen MR) is 30.8 cm³/mol. The van der Waals surface area contributed by atoms with Crippen molar-refractivity contribution in [2.24, 2.45) is 0 Å². The average molecular weight is 137 g/mol. The second-order valence-electron chi connectivity index (χ2n) is 1.41. The van der Waals surface area contributed by atoms with Crippen molar-refractivity contribution < 1.29 is 13.5 Å². The van der Waals surface area contributed by atoms with E-state index in [1.807, 2.05) is 0 Å². The molecule has 0 rings (SSSR count). The van der Waals surface area contributed by atoms with Crippen LogP contribution in [0, 0.1) is 6.92 Å². The third-order valence-corrected chi connectivity index (χ3v) is 2.45. The molecule has 1 radical (unpaired) electrons. The van der Waals surface area contributed by atoms with Crippen molar-refractivity contribution in [1.29, 1.82) is 0 Å². The zero-order valence-electron chi connectivity index (χ0n) is 4.66. The van der Waals surface area contributed by atoms with E-state index in [0.29, 0.717) is 0 Å². The maximum Gasteiger partial charge on any atom is 0.176 e. The average Bonchev–Trinajstić information content (AvgIpc) is 1.67. The van der Waals surface area contributed by atoms with E-state index >= 15 is 0 Å². The highest BCUT2D eigenvalue weighted by molar-refractivity contribution is 7.91. The molecule has 0 aliphatic rings. The van der Waals surface area contributed by atoms with Gasteiger partial charge in [-0.3, -0.25) is 0 Å². The summed E-state index contributed by atoms with van der Waals surface area (Å²) in [5.74, 6) is -0.0579. The number of sulfone groups is 1. The van der Waals surface area contributed by atoms with E-state index in [-0.39, 0.29) is 5.75 Å². The Balaban J connectivity index is 4.17. The third-order valence-electron chi connectivity index (χ3n) is 0.817. The fourth-order valence-electron chi connectivity index (χ4n) is 0.192. The monoisotopic (exact) mass is 137 g/mol. The van der Waals surface area contributed by atoms with Gasteiger partial charge in [-0.25, -0.2) is 8.42 Å². The molecule has 0 aliphatic heterocycles. The second-order valence-corrected chi connectivity index (χ2v) is 3.85. The summed E-state index contributed by atoms with van der Waals surface area (Å²) in [5.41, 5.74) is -1.47. The minimum absolute atomic E-state index is 0.0579. The van der Waals surface area contributed by atoms with Crippen LogP contribution in [-0.4, -0.2) is 24.7 Å². The van der Waals surface area contributed by atoms with Crippen LogP contribution in [0.3, 0.4) is 0 Å². The molecule has 0 fully saturated rings. The molecule has 1 N–H and O–H groups in total. The Morgan fingerprint density at radius 2 is 2.12 bits per heavy atom. The molecule has 49 valence electrons. The summed E-state index contributed by atoms with van der Waals surface area (Å²) in [5, 5.41) is 8.38. The van der Waals surface area contributed by atoms with Crippen LogP contribution in [0.4, 0.5) is 0 Å². The number of hydrogen-bond donors (Lipinski definition) is 1. The molecular weight excluding hydrogens is 128 g/mol. The first-order valence-corrected chi connectivity index (χ1v) is 3.95.